The van der Waals surface area contributed by atoms with Gasteiger partial charge in [-0.1, -0.05) is 30.3 Å². The number of likely N-dealkylation sites (tertiary alicyclic amines) is 1. The monoisotopic (exact) mass is 351 g/mol. The molecule has 3 rings (SSSR count). The van der Waals surface area contributed by atoms with E-state index in [-0.39, 0.29) is 42.1 Å². The van der Waals surface area contributed by atoms with Gasteiger partial charge < -0.3 is 16.0 Å². The number of nitrogens with one attached hydrogen (secondary N) is 1. The number of nitrogens with zero attached hydrogens (tertiary/aromatic N) is 1. The van der Waals surface area contributed by atoms with Crippen molar-refractivity contribution in [2.24, 2.45) is 17.6 Å². The highest BCUT2D eigenvalue weighted by Crippen LogP contribution is 2.32. The molecule has 2 amide bonds. The summed E-state index contributed by atoms with van der Waals surface area (Å²) in [5.41, 5.74) is 7.13. The Balaban J connectivity index is 0.00000208. The van der Waals surface area contributed by atoms with Crippen LogP contribution in [0.25, 0.3) is 0 Å². The largest absolute Gasteiger partial charge is 0.354 e. The molecule has 1 saturated carbocycles. The number of carbonyl (C=O) groups is 2. The molecule has 1 aromatic rings. The molecule has 5 nitrogen and oxygen atoms in total. The molecule has 132 valence electrons. The Morgan fingerprint density at radius 2 is 1.88 bits per heavy atom. The molecule has 0 bridgehead atoms. The Morgan fingerprint density at radius 3 is 2.54 bits per heavy atom. The predicted octanol–water partition coefficient (Wildman–Crippen LogP) is 1.87. The molecular formula is C18H26ClN3O2. The predicted molar refractivity (Wildman–Crippen MR) is 95.7 cm³/mol. The lowest BCUT2D eigenvalue weighted by Gasteiger charge is -2.32. The smallest absolute Gasteiger partial charge is 0.225 e. The van der Waals surface area contributed by atoms with Gasteiger partial charge in [0.25, 0.3) is 0 Å². The number of rotatable bonds is 5. The third kappa shape index (κ3) is 4.71. The number of piperidine rings is 1. The van der Waals surface area contributed by atoms with Crippen LogP contribution in [-0.4, -0.2) is 36.3 Å². The van der Waals surface area contributed by atoms with E-state index in [0.29, 0.717) is 13.1 Å². The van der Waals surface area contributed by atoms with Crippen molar-refractivity contribution in [1.82, 2.24) is 10.2 Å². The summed E-state index contributed by atoms with van der Waals surface area (Å²) in [5, 5.41) is 2.95. The first kappa shape index (κ1) is 18.7. The van der Waals surface area contributed by atoms with Crippen LogP contribution in [0.2, 0.25) is 0 Å². The first-order valence-electron chi connectivity index (χ1n) is 8.52. The summed E-state index contributed by atoms with van der Waals surface area (Å²) < 4.78 is 0. The minimum atomic E-state index is -0.201. The first-order chi connectivity index (χ1) is 11.1. The van der Waals surface area contributed by atoms with Crippen LogP contribution < -0.4 is 11.1 Å². The molecule has 1 aliphatic heterocycles. The minimum Gasteiger partial charge on any atom is -0.354 e. The summed E-state index contributed by atoms with van der Waals surface area (Å²) in [4.78, 5) is 26.4. The van der Waals surface area contributed by atoms with E-state index in [1.165, 1.54) is 0 Å². The normalized spacial score (nSPS) is 21.5. The van der Waals surface area contributed by atoms with Crippen LogP contribution in [0.15, 0.2) is 30.3 Å². The van der Waals surface area contributed by atoms with E-state index in [2.05, 4.69) is 5.32 Å². The van der Waals surface area contributed by atoms with E-state index in [1.54, 1.807) is 0 Å². The Labute approximate surface area is 149 Å². The molecule has 0 radical (unpaired) electrons. The second kappa shape index (κ2) is 8.49. The van der Waals surface area contributed by atoms with Crippen LogP contribution >= 0.6 is 12.4 Å². The molecule has 3 N–H and O–H groups in total. The topological polar surface area (TPSA) is 75.4 Å². The van der Waals surface area contributed by atoms with Gasteiger partial charge in [-0.2, -0.15) is 0 Å². The third-order valence-electron chi connectivity index (χ3n) is 4.75. The van der Waals surface area contributed by atoms with Gasteiger partial charge in [-0.3, -0.25) is 9.59 Å². The van der Waals surface area contributed by atoms with Crippen molar-refractivity contribution in [2.45, 2.75) is 31.7 Å². The standard InChI is InChI=1S/C18H25N3O2.ClH/c19-16(13-5-2-1-3-6-13)11-20-17(22)15-7-4-10-21(12-15)18(23)14-8-9-14;/h1-3,5-6,14-16H,4,7-12,19H2,(H,20,22);1H. The molecule has 2 unspecified atom stereocenters. The quantitative estimate of drug-likeness (QED) is 0.850. The zero-order chi connectivity index (χ0) is 16.2. The molecule has 2 fully saturated rings. The van der Waals surface area contributed by atoms with Gasteiger partial charge in [-0.05, 0) is 31.2 Å². The Bertz CT molecular complexity index is 563. The summed E-state index contributed by atoms with van der Waals surface area (Å²) >= 11 is 0. The molecular weight excluding hydrogens is 326 g/mol. The summed E-state index contributed by atoms with van der Waals surface area (Å²) in [6, 6.07) is 9.57. The second-order valence-electron chi connectivity index (χ2n) is 6.66. The third-order valence-corrected chi connectivity index (χ3v) is 4.75. The fourth-order valence-corrected chi connectivity index (χ4v) is 3.15. The molecule has 6 heteroatoms. The zero-order valence-corrected chi connectivity index (χ0v) is 14.6. The van der Waals surface area contributed by atoms with E-state index in [1.807, 2.05) is 35.2 Å². The van der Waals surface area contributed by atoms with Crippen LogP contribution in [0.4, 0.5) is 0 Å². The molecule has 1 aliphatic carbocycles. The Hall–Kier alpha value is -1.59. The first-order valence-corrected chi connectivity index (χ1v) is 8.52. The highest BCUT2D eigenvalue weighted by molar-refractivity contribution is 5.85. The minimum absolute atomic E-state index is 0. The fraction of sp³-hybridized carbons (Fsp3) is 0.556. The zero-order valence-electron chi connectivity index (χ0n) is 13.8. The summed E-state index contributed by atoms with van der Waals surface area (Å²) in [6.45, 7) is 1.78. The summed E-state index contributed by atoms with van der Waals surface area (Å²) in [6.07, 6.45) is 3.78. The number of hydrogen-bond donors (Lipinski definition) is 2. The number of nitrogens with two attached hydrogens (primary N) is 1. The fourth-order valence-electron chi connectivity index (χ4n) is 3.15. The van der Waals surface area contributed by atoms with Gasteiger partial charge >= 0.3 is 0 Å². The van der Waals surface area contributed by atoms with Crippen LogP contribution in [0.5, 0.6) is 0 Å². The van der Waals surface area contributed by atoms with Crippen LogP contribution in [-0.2, 0) is 9.59 Å². The van der Waals surface area contributed by atoms with Gasteiger partial charge in [-0.15, -0.1) is 12.4 Å². The molecule has 2 atom stereocenters. The van der Waals surface area contributed by atoms with Gasteiger partial charge in [-0.25, -0.2) is 0 Å². The van der Waals surface area contributed by atoms with Crippen LogP contribution in [0.3, 0.4) is 0 Å². The van der Waals surface area contributed by atoms with E-state index in [0.717, 1.165) is 37.8 Å². The lowest BCUT2D eigenvalue weighted by Crippen LogP contribution is -2.46. The maximum absolute atomic E-state index is 12.4. The van der Waals surface area contributed by atoms with E-state index < -0.39 is 0 Å². The van der Waals surface area contributed by atoms with Crippen molar-refractivity contribution in [3.63, 3.8) is 0 Å². The van der Waals surface area contributed by atoms with Gasteiger partial charge in [0, 0.05) is 31.6 Å². The van der Waals surface area contributed by atoms with Crippen molar-refractivity contribution in [1.29, 1.82) is 0 Å². The van der Waals surface area contributed by atoms with E-state index in [4.69, 9.17) is 5.73 Å². The van der Waals surface area contributed by atoms with Crippen molar-refractivity contribution in [2.75, 3.05) is 19.6 Å². The molecule has 1 heterocycles. The van der Waals surface area contributed by atoms with Crippen molar-refractivity contribution >= 4 is 24.2 Å². The maximum atomic E-state index is 12.4. The maximum Gasteiger partial charge on any atom is 0.225 e. The lowest BCUT2D eigenvalue weighted by atomic mass is 9.96. The van der Waals surface area contributed by atoms with Crippen molar-refractivity contribution in [3.05, 3.63) is 35.9 Å². The number of amides is 2. The van der Waals surface area contributed by atoms with E-state index in [9.17, 15) is 9.59 Å². The van der Waals surface area contributed by atoms with Gasteiger partial charge in [0.2, 0.25) is 11.8 Å². The number of carbonyl (C=O) groups excluding carboxylic acids is 2. The van der Waals surface area contributed by atoms with Gasteiger partial charge in [0.05, 0.1) is 5.92 Å². The molecule has 1 saturated heterocycles. The number of halogens is 1. The average Bonchev–Trinajstić information content (AvgIpc) is 3.44. The second-order valence-corrected chi connectivity index (χ2v) is 6.66. The van der Waals surface area contributed by atoms with E-state index >= 15 is 0 Å². The highest BCUT2D eigenvalue weighted by Gasteiger charge is 2.36. The molecule has 2 aliphatic rings. The van der Waals surface area contributed by atoms with Crippen molar-refractivity contribution in [3.8, 4) is 0 Å². The average molecular weight is 352 g/mol. The van der Waals surface area contributed by atoms with Crippen LogP contribution in [0.1, 0.15) is 37.3 Å². The van der Waals surface area contributed by atoms with Gasteiger partial charge in [0.1, 0.15) is 0 Å². The molecule has 24 heavy (non-hydrogen) atoms. The number of hydrogen-bond acceptors (Lipinski definition) is 3. The number of benzene rings is 1. The lowest BCUT2D eigenvalue weighted by molar-refractivity contribution is -0.136. The molecule has 0 aromatic heterocycles. The molecule has 1 aromatic carbocycles. The highest BCUT2D eigenvalue weighted by atomic mass is 35.5. The summed E-state index contributed by atoms with van der Waals surface area (Å²) in [7, 11) is 0. The summed E-state index contributed by atoms with van der Waals surface area (Å²) in [5.74, 6) is 0.380. The molecule has 0 spiro atoms. The Kier molecular flexibility index (Phi) is 6.63. The van der Waals surface area contributed by atoms with Crippen LogP contribution in [0, 0.1) is 11.8 Å². The SMILES string of the molecule is Cl.NC(CNC(=O)C1CCCN(C(=O)C2CC2)C1)c1ccccc1. The Morgan fingerprint density at radius 1 is 1.17 bits per heavy atom. The van der Waals surface area contributed by atoms with Crippen molar-refractivity contribution < 1.29 is 9.59 Å². The van der Waals surface area contributed by atoms with Gasteiger partial charge in [0.15, 0.2) is 0 Å².